The van der Waals surface area contributed by atoms with Gasteiger partial charge in [-0.05, 0) is 37.5 Å². The molecule has 0 radical (unpaired) electrons. The molecule has 0 saturated heterocycles. The Labute approximate surface area is 127 Å². The first-order valence-corrected chi connectivity index (χ1v) is 7.81. The van der Waals surface area contributed by atoms with E-state index in [1.165, 1.54) is 25.7 Å². The zero-order valence-electron chi connectivity index (χ0n) is 12.5. The van der Waals surface area contributed by atoms with E-state index in [0.29, 0.717) is 18.2 Å². The molecule has 0 aliphatic heterocycles. The van der Waals surface area contributed by atoms with Gasteiger partial charge >= 0.3 is 0 Å². The van der Waals surface area contributed by atoms with E-state index in [4.69, 9.17) is 10.00 Å². The first-order chi connectivity index (χ1) is 10.3. The molecule has 1 N–H and O–H groups in total. The second kappa shape index (κ2) is 8.66. The smallest absolute Gasteiger partial charge is 0.120 e. The molecule has 1 saturated carbocycles. The number of aliphatic hydroxyl groups is 1. The van der Waals surface area contributed by atoms with Crippen molar-refractivity contribution < 1.29 is 9.84 Å². The van der Waals surface area contributed by atoms with E-state index in [1.807, 2.05) is 12.1 Å². The van der Waals surface area contributed by atoms with Gasteiger partial charge in [0.25, 0.3) is 0 Å². The van der Waals surface area contributed by atoms with Gasteiger partial charge in [-0.1, -0.05) is 18.9 Å². The van der Waals surface area contributed by atoms with Gasteiger partial charge < -0.3 is 9.84 Å². The lowest BCUT2D eigenvalue weighted by molar-refractivity contribution is 0.142. The maximum Gasteiger partial charge on any atom is 0.120 e. The first kappa shape index (κ1) is 15.8. The van der Waals surface area contributed by atoms with Crippen LogP contribution < -0.4 is 4.74 Å². The molecule has 0 bridgehead atoms. The number of benzene rings is 1. The average Bonchev–Trinajstić information content (AvgIpc) is 3.05. The molecule has 4 heteroatoms. The third-order valence-corrected chi connectivity index (χ3v) is 4.05. The van der Waals surface area contributed by atoms with Crippen molar-refractivity contribution in [3.63, 3.8) is 0 Å². The summed E-state index contributed by atoms with van der Waals surface area (Å²) in [6.45, 7) is 2.59. The molecular formula is C17H24N2O2. The lowest BCUT2D eigenvalue weighted by atomic mass is 10.2. The van der Waals surface area contributed by atoms with Crippen LogP contribution in [0.5, 0.6) is 5.75 Å². The van der Waals surface area contributed by atoms with Gasteiger partial charge in [0, 0.05) is 19.1 Å². The Bertz CT molecular complexity index is 464. The Morgan fingerprint density at radius 1 is 1.29 bits per heavy atom. The third-order valence-electron chi connectivity index (χ3n) is 4.05. The summed E-state index contributed by atoms with van der Waals surface area (Å²) in [5.41, 5.74) is 0.625. The topological polar surface area (TPSA) is 56.5 Å². The van der Waals surface area contributed by atoms with E-state index in [-0.39, 0.29) is 6.61 Å². The Kier molecular flexibility index (Phi) is 6.52. The number of nitriles is 1. The van der Waals surface area contributed by atoms with Crippen LogP contribution in [0.2, 0.25) is 0 Å². The second-order valence-corrected chi connectivity index (χ2v) is 5.54. The highest BCUT2D eigenvalue weighted by molar-refractivity contribution is 5.36. The molecule has 1 aliphatic carbocycles. The second-order valence-electron chi connectivity index (χ2n) is 5.54. The molecule has 0 amide bonds. The molecule has 0 atom stereocenters. The van der Waals surface area contributed by atoms with Gasteiger partial charge in [-0.15, -0.1) is 0 Å². The van der Waals surface area contributed by atoms with Crippen LogP contribution in [0, 0.1) is 11.3 Å². The SMILES string of the molecule is N#Cc1cccc(OCCCN(CCO)C2CCCC2)c1. The van der Waals surface area contributed by atoms with E-state index in [9.17, 15) is 5.11 Å². The molecule has 0 spiro atoms. The largest absolute Gasteiger partial charge is 0.494 e. The summed E-state index contributed by atoms with van der Waals surface area (Å²) in [7, 11) is 0. The summed E-state index contributed by atoms with van der Waals surface area (Å²) in [5, 5.41) is 18.0. The Morgan fingerprint density at radius 3 is 2.81 bits per heavy atom. The highest BCUT2D eigenvalue weighted by atomic mass is 16.5. The van der Waals surface area contributed by atoms with Crippen LogP contribution in [0.15, 0.2) is 24.3 Å². The number of rotatable bonds is 8. The zero-order valence-corrected chi connectivity index (χ0v) is 12.5. The summed E-state index contributed by atoms with van der Waals surface area (Å²) >= 11 is 0. The minimum absolute atomic E-state index is 0.224. The summed E-state index contributed by atoms with van der Waals surface area (Å²) in [4.78, 5) is 2.39. The molecule has 4 nitrogen and oxygen atoms in total. The average molecular weight is 288 g/mol. The van der Waals surface area contributed by atoms with Crippen LogP contribution in [0.4, 0.5) is 0 Å². The van der Waals surface area contributed by atoms with Crippen molar-refractivity contribution in [1.29, 1.82) is 5.26 Å². The summed E-state index contributed by atoms with van der Waals surface area (Å²) < 4.78 is 5.70. The highest BCUT2D eigenvalue weighted by Gasteiger charge is 2.21. The number of nitrogens with zero attached hydrogens (tertiary/aromatic N) is 2. The molecule has 114 valence electrons. The van der Waals surface area contributed by atoms with Gasteiger partial charge in [0.05, 0.1) is 24.8 Å². The quantitative estimate of drug-likeness (QED) is 0.747. The number of aliphatic hydroxyl groups excluding tert-OH is 1. The molecule has 21 heavy (non-hydrogen) atoms. The van der Waals surface area contributed by atoms with Crippen LogP contribution in [0.25, 0.3) is 0 Å². The van der Waals surface area contributed by atoms with Crippen molar-refractivity contribution >= 4 is 0 Å². The Balaban J connectivity index is 1.73. The minimum atomic E-state index is 0.224. The standard InChI is InChI=1S/C17H24N2O2/c18-14-15-5-3-8-17(13-15)21-12-4-9-19(10-11-20)16-6-1-2-7-16/h3,5,8,13,16,20H,1-2,4,6-7,9-12H2. The maximum atomic E-state index is 9.19. The fourth-order valence-electron chi connectivity index (χ4n) is 2.99. The predicted molar refractivity (Wildman–Crippen MR) is 82.2 cm³/mol. The predicted octanol–water partition coefficient (Wildman–Crippen LogP) is 2.56. The molecule has 1 aromatic rings. The summed E-state index contributed by atoms with van der Waals surface area (Å²) in [5.74, 6) is 0.753. The van der Waals surface area contributed by atoms with E-state index in [1.54, 1.807) is 12.1 Å². The van der Waals surface area contributed by atoms with Crippen molar-refractivity contribution in [2.75, 3.05) is 26.3 Å². The van der Waals surface area contributed by atoms with E-state index >= 15 is 0 Å². The number of hydrogen-bond acceptors (Lipinski definition) is 4. The molecule has 1 aliphatic rings. The fourth-order valence-corrected chi connectivity index (χ4v) is 2.99. The van der Waals surface area contributed by atoms with Gasteiger partial charge in [0.1, 0.15) is 5.75 Å². The molecule has 1 aromatic carbocycles. The molecule has 0 unspecified atom stereocenters. The highest BCUT2D eigenvalue weighted by Crippen LogP contribution is 2.23. The normalized spacial score (nSPS) is 15.3. The van der Waals surface area contributed by atoms with Crippen molar-refractivity contribution in [3.8, 4) is 11.8 Å². The number of hydrogen-bond donors (Lipinski definition) is 1. The molecule has 1 fully saturated rings. The van der Waals surface area contributed by atoms with Gasteiger partial charge in [-0.25, -0.2) is 0 Å². The van der Waals surface area contributed by atoms with Crippen molar-refractivity contribution in [2.45, 2.75) is 38.1 Å². The Hall–Kier alpha value is -1.57. The van der Waals surface area contributed by atoms with E-state index < -0.39 is 0 Å². The first-order valence-electron chi connectivity index (χ1n) is 7.81. The zero-order chi connectivity index (χ0) is 14.9. The van der Waals surface area contributed by atoms with Crippen LogP contribution in [-0.2, 0) is 0 Å². The van der Waals surface area contributed by atoms with Gasteiger partial charge in [0.15, 0.2) is 0 Å². The number of ether oxygens (including phenoxy) is 1. The van der Waals surface area contributed by atoms with Gasteiger partial charge in [-0.3, -0.25) is 4.90 Å². The fraction of sp³-hybridized carbons (Fsp3) is 0.588. The summed E-state index contributed by atoms with van der Waals surface area (Å²) in [6, 6.07) is 10.0. The lowest BCUT2D eigenvalue weighted by Gasteiger charge is -2.27. The molecular weight excluding hydrogens is 264 g/mol. The van der Waals surface area contributed by atoms with Crippen molar-refractivity contribution in [2.24, 2.45) is 0 Å². The van der Waals surface area contributed by atoms with E-state index in [0.717, 1.165) is 25.3 Å². The van der Waals surface area contributed by atoms with E-state index in [2.05, 4.69) is 11.0 Å². The molecule has 0 heterocycles. The monoisotopic (exact) mass is 288 g/mol. The lowest BCUT2D eigenvalue weighted by Crippen LogP contribution is -2.36. The molecule has 2 rings (SSSR count). The third kappa shape index (κ3) is 5.04. The van der Waals surface area contributed by atoms with Crippen LogP contribution in [0.1, 0.15) is 37.7 Å². The van der Waals surface area contributed by atoms with Crippen LogP contribution >= 0.6 is 0 Å². The van der Waals surface area contributed by atoms with Crippen molar-refractivity contribution in [1.82, 2.24) is 4.90 Å². The Morgan fingerprint density at radius 2 is 2.10 bits per heavy atom. The van der Waals surface area contributed by atoms with Crippen LogP contribution in [-0.4, -0.2) is 42.4 Å². The summed E-state index contributed by atoms with van der Waals surface area (Å²) in [6.07, 6.45) is 6.07. The van der Waals surface area contributed by atoms with Crippen molar-refractivity contribution in [3.05, 3.63) is 29.8 Å². The van der Waals surface area contributed by atoms with Crippen LogP contribution in [0.3, 0.4) is 0 Å². The van der Waals surface area contributed by atoms with Gasteiger partial charge in [-0.2, -0.15) is 5.26 Å². The minimum Gasteiger partial charge on any atom is -0.494 e. The molecule has 0 aromatic heterocycles. The maximum absolute atomic E-state index is 9.19. The van der Waals surface area contributed by atoms with Gasteiger partial charge in [0.2, 0.25) is 0 Å².